The Morgan fingerprint density at radius 2 is 1.96 bits per heavy atom. The lowest BCUT2D eigenvalue weighted by atomic mass is 10.3. The van der Waals surface area contributed by atoms with Gasteiger partial charge in [-0.15, -0.1) is 11.3 Å². The zero-order valence-electron chi connectivity index (χ0n) is 14.1. The Morgan fingerprint density at radius 3 is 2.65 bits per heavy atom. The first-order valence-corrected chi connectivity index (χ1v) is 9.91. The van der Waals surface area contributed by atoms with Crippen molar-refractivity contribution < 1.29 is 14.0 Å². The lowest BCUT2D eigenvalue weighted by Gasteiger charge is -2.15. The van der Waals surface area contributed by atoms with Crippen molar-refractivity contribution in [3.63, 3.8) is 0 Å². The largest absolute Gasteiger partial charge is 0.340 e. The maximum Gasteiger partial charge on any atom is 0.340 e. The fourth-order valence-electron chi connectivity index (χ4n) is 2.44. The number of hydrogen-bond acceptors (Lipinski definition) is 7. The van der Waals surface area contributed by atoms with Gasteiger partial charge in [0.2, 0.25) is 9.93 Å². The summed E-state index contributed by atoms with van der Waals surface area (Å²) in [5.74, 6) is -0.638. The average Bonchev–Trinajstić information content (AvgIpc) is 3.05. The van der Waals surface area contributed by atoms with Crippen molar-refractivity contribution >= 4 is 51.6 Å². The van der Waals surface area contributed by atoms with Crippen molar-refractivity contribution in [2.24, 2.45) is 10.1 Å². The third kappa shape index (κ3) is 3.97. The van der Waals surface area contributed by atoms with Gasteiger partial charge in [-0.1, -0.05) is 16.8 Å². The maximum atomic E-state index is 14.3. The van der Waals surface area contributed by atoms with Gasteiger partial charge in [0.25, 0.3) is 0 Å². The average molecular weight is 419 g/mol. The predicted octanol–water partition coefficient (Wildman–Crippen LogP) is 3.07. The molecule has 11 heteroatoms. The van der Waals surface area contributed by atoms with Crippen molar-refractivity contribution in [3.8, 4) is 0 Å². The SMILES string of the molecule is CC(C)=NOC(=O)Cc1sc(F)c(N=c2sc(=O)n3n2CCCC3)c1Cl. The van der Waals surface area contributed by atoms with Crippen molar-refractivity contribution in [1.82, 2.24) is 9.36 Å². The molecule has 0 aliphatic carbocycles. The minimum atomic E-state index is -0.638. The predicted molar refractivity (Wildman–Crippen MR) is 98.9 cm³/mol. The molecule has 0 spiro atoms. The number of fused-ring (bicyclic) bond motifs is 1. The van der Waals surface area contributed by atoms with Crippen LogP contribution in [0.4, 0.5) is 10.1 Å². The van der Waals surface area contributed by atoms with E-state index >= 15 is 0 Å². The molecule has 1 aliphatic heterocycles. The van der Waals surface area contributed by atoms with Crippen molar-refractivity contribution in [2.45, 2.75) is 46.2 Å². The van der Waals surface area contributed by atoms with Crippen LogP contribution in [0.1, 0.15) is 31.6 Å². The monoisotopic (exact) mass is 418 g/mol. The summed E-state index contributed by atoms with van der Waals surface area (Å²) < 4.78 is 17.7. The minimum Gasteiger partial charge on any atom is -0.318 e. The number of hydrogen-bond donors (Lipinski definition) is 0. The van der Waals surface area contributed by atoms with Gasteiger partial charge in [-0.25, -0.2) is 14.5 Å². The van der Waals surface area contributed by atoms with Crippen molar-refractivity contribution in [3.05, 3.63) is 29.5 Å². The molecular formula is C15H16ClFN4O3S2. The molecule has 0 fully saturated rings. The Balaban J connectivity index is 1.93. The highest BCUT2D eigenvalue weighted by atomic mass is 35.5. The van der Waals surface area contributed by atoms with E-state index < -0.39 is 11.1 Å². The van der Waals surface area contributed by atoms with E-state index in [9.17, 15) is 14.0 Å². The number of rotatable bonds is 4. The minimum absolute atomic E-state index is 0.0534. The molecule has 3 heterocycles. The molecular weight excluding hydrogens is 403 g/mol. The number of nitrogens with zero attached hydrogens (tertiary/aromatic N) is 4. The first kappa shape index (κ1) is 19.0. The van der Waals surface area contributed by atoms with Crippen LogP contribution >= 0.6 is 34.3 Å². The highest BCUT2D eigenvalue weighted by molar-refractivity contribution is 7.11. The number of aromatic nitrogens is 2. The van der Waals surface area contributed by atoms with E-state index in [0.717, 1.165) is 35.5 Å². The second-order valence-corrected chi connectivity index (χ2v) is 8.21. The summed E-state index contributed by atoms with van der Waals surface area (Å²) in [5, 5.41) is 3.02. The zero-order valence-corrected chi connectivity index (χ0v) is 16.5. The number of halogens is 2. The molecule has 3 rings (SSSR count). The molecule has 140 valence electrons. The van der Waals surface area contributed by atoms with E-state index in [-0.39, 0.29) is 22.0 Å². The number of carbonyl (C=O) groups is 1. The molecule has 0 N–H and O–H groups in total. The Kier molecular flexibility index (Phi) is 5.73. The van der Waals surface area contributed by atoms with Crippen LogP contribution in [0.3, 0.4) is 0 Å². The number of carbonyl (C=O) groups excluding carboxylic acids is 1. The standard InChI is InChI=1S/C15H16ClFN4O3S2/c1-8(2)19-24-10(22)7-9-11(16)12(13(17)25-9)18-14-20-5-3-4-6-21(20)15(23)26-14/h3-7H2,1-2H3. The summed E-state index contributed by atoms with van der Waals surface area (Å²) in [6.45, 7) is 4.64. The fourth-order valence-corrected chi connectivity index (χ4v) is 4.53. The molecule has 1 aliphatic rings. The van der Waals surface area contributed by atoms with Crippen LogP contribution in [0, 0.1) is 5.13 Å². The molecule has 0 amide bonds. The van der Waals surface area contributed by atoms with E-state index in [1.54, 1.807) is 23.2 Å². The molecule has 7 nitrogen and oxygen atoms in total. The van der Waals surface area contributed by atoms with E-state index in [1.165, 1.54) is 0 Å². The lowest BCUT2D eigenvalue weighted by Crippen LogP contribution is -2.31. The van der Waals surface area contributed by atoms with Crippen LogP contribution in [-0.4, -0.2) is 21.0 Å². The Labute approximate surface area is 161 Å². The zero-order chi connectivity index (χ0) is 18.8. The van der Waals surface area contributed by atoms with Gasteiger partial charge in [-0.2, -0.15) is 4.39 Å². The van der Waals surface area contributed by atoms with Gasteiger partial charge in [-0.05, 0) is 38.0 Å². The molecule has 0 bridgehead atoms. The van der Waals surface area contributed by atoms with E-state index in [2.05, 4.69) is 10.1 Å². The van der Waals surface area contributed by atoms with Gasteiger partial charge < -0.3 is 4.84 Å². The highest BCUT2D eigenvalue weighted by Crippen LogP contribution is 2.38. The third-order valence-corrected chi connectivity index (χ3v) is 5.94. The molecule has 0 atom stereocenters. The quantitative estimate of drug-likeness (QED) is 0.435. The molecule has 0 saturated carbocycles. The first-order valence-electron chi connectivity index (χ1n) is 7.90. The second kappa shape index (κ2) is 7.85. The van der Waals surface area contributed by atoms with Gasteiger partial charge >= 0.3 is 10.8 Å². The van der Waals surface area contributed by atoms with Gasteiger partial charge in [0.05, 0.1) is 17.2 Å². The first-order chi connectivity index (χ1) is 12.4. The smallest absolute Gasteiger partial charge is 0.318 e. The van der Waals surface area contributed by atoms with Gasteiger partial charge in [0.1, 0.15) is 5.69 Å². The molecule has 0 radical (unpaired) electrons. The fraction of sp³-hybridized carbons (Fsp3) is 0.467. The Morgan fingerprint density at radius 1 is 1.27 bits per heavy atom. The van der Waals surface area contributed by atoms with Gasteiger partial charge in [0.15, 0.2) is 0 Å². The number of thiophene rings is 1. The second-order valence-electron chi connectivity index (χ2n) is 5.86. The van der Waals surface area contributed by atoms with Crippen LogP contribution in [0.15, 0.2) is 14.9 Å². The summed E-state index contributed by atoms with van der Waals surface area (Å²) in [5.41, 5.74) is 0.528. The van der Waals surface area contributed by atoms with E-state index in [0.29, 0.717) is 28.5 Å². The summed E-state index contributed by atoms with van der Waals surface area (Å²) >= 11 is 7.91. The lowest BCUT2D eigenvalue weighted by molar-refractivity contribution is -0.142. The van der Waals surface area contributed by atoms with Crippen LogP contribution in [0.5, 0.6) is 0 Å². The van der Waals surface area contributed by atoms with Gasteiger partial charge in [0, 0.05) is 18.0 Å². The van der Waals surface area contributed by atoms with Crippen LogP contribution in [0.2, 0.25) is 5.02 Å². The van der Waals surface area contributed by atoms with Crippen LogP contribution < -0.4 is 9.67 Å². The maximum absolute atomic E-state index is 14.3. The molecule has 26 heavy (non-hydrogen) atoms. The number of oxime groups is 1. The van der Waals surface area contributed by atoms with E-state index in [4.69, 9.17) is 16.4 Å². The summed E-state index contributed by atoms with van der Waals surface area (Å²) in [6, 6.07) is 0. The summed E-state index contributed by atoms with van der Waals surface area (Å²) in [4.78, 5) is 33.3. The molecule has 0 saturated heterocycles. The van der Waals surface area contributed by atoms with Crippen LogP contribution in [-0.2, 0) is 29.1 Å². The van der Waals surface area contributed by atoms with Gasteiger partial charge in [-0.3, -0.25) is 9.48 Å². The molecule has 0 unspecified atom stereocenters. The van der Waals surface area contributed by atoms with Crippen molar-refractivity contribution in [1.29, 1.82) is 0 Å². The topological polar surface area (TPSA) is 78.0 Å². The summed E-state index contributed by atoms with van der Waals surface area (Å²) in [7, 11) is 0. The Bertz CT molecular complexity index is 998. The molecule has 0 aromatic carbocycles. The normalized spacial score (nSPS) is 14.2. The van der Waals surface area contributed by atoms with Crippen LogP contribution in [0.25, 0.3) is 0 Å². The molecule has 2 aromatic rings. The van der Waals surface area contributed by atoms with E-state index in [1.807, 2.05) is 0 Å². The third-order valence-electron chi connectivity index (χ3n) is 3.59. The molecule has 2 aromatic heterocycles. The highest BCUT2D eigenvalue weighted by Gasteiger charge is 2.21. The Hall–Kier alpha value is -1.78. The van der Waals surface area contributed by atoms with Crippen molar-refractivity contribution in [2.75, 3.05) is 0 Å². The summed E-state index contributed by atoms with van der Waals surface area (Å²) in [6.07, 6.45) is 1.65.